The van der Waals surface area contributed by atoms with E-state index in [1.807, 2.05) is 46.0 Å². The molecule has 154 valence electrons. The first kappa shape index (κ1) is 19.6. The molecule has 1 aliphatic heterocycles. The zero-order valence-corrected chi connectivity index (χ0v) is 16.6. The maximum absolute atomic E-state index is 12.7. The quantitative estimate of drug-likeness (QED) is 0.783. The van der Waals surface area contributed by atoms with Crippen molar-refractivity contribution in [2.24, 2.45) is 5.92 Å². The zero-order valence-electron chi connectivity index (χ0n) is 16.6. The molecule has 4 rings (SSSR count). The number of carbonyl (C=O) groups is 2. The lowest BCUT2D eigenvalue weighted by Crippen LogP contribution is -2.42. The van der Waals surface area contributed by atoms with Crippen LogP contribution in [0.1, 0.15) is 50.1 Å². The molecule has 1 saturated heterocycles. The predicted octanol–water partition coefficient (Wildman–Crippen LogP) is 3.27. The van der Waals surface area contributed by atoms with Gasteiger partial charge in [0.25, 0.3) is 0 Å². The topological polar surface area (TPSA) is 87.5 Å². The molecule has 1 aliphatic carbocycles. The number of likely N-dealkylation sites (tertiary alicyclic amines) is 1. The average Bonchev–Trinajstić information content (AvgIpc) is 3.39. The van der Waals surface area contributed by atoms with E-state index < -0.39 is 5.97 Å². The first-order valence-corrected chi connectivity index (χ1v) is 10.5. The van der Waals surface area contributed by atoms with Crippen molar-refractivity contribution < 1.29 is 14.7 Å². The molecule has 1 amide bonds. The minimum absolute atomic E-state index is 0.133. The van der Waals surface area contributed by atoms with E-state index in [1.165, 1.54) is 12.8 Å². The average molecular weight is 396 g/mol. The van der Waals surface area contributed by atoms with Crippen molar-refractivity contribution in [2.45, 2.75) is 44.4 Å². The Hall–Kier alpha value is -2.67. The summed E-state index contributed by atoms with van der Waals surface area (Å²) in [5, 5.41) is 17.1. The van der Waals surface area contributed by atoms with E-state index in [1.54, 1.807) is 0 Å². The van der Waals surface area contributed by atoms with Crippen LogP contribution in [0.3, 0.4) is 0 Å². The van der Waals surface area contributed by atoms with Gasteiger partial charge in [0.1, 0.15) is 5.82 Å². The third-order valence-electron chi connectivity index (χ3n) is 5.99. The molecule has 0 radical (unpaired) electrons. The lowest BCUT2D eigenvalue weighted by molar-refractivity contribution is -0.144. The van der Waals surface area contributed by atoms with Crippen LogP contribution in [0.25, 0.3) is 5.69 Å². The fourth-order valence-electron chi connectivity index (χ4n) is 4.46. The number of piperidine rings is 1. The van der Waals surface area contributed by atoms with E-state index >= 15 is 0 Å². The summed E-state index contributed by atoms with van der Waals surface area (Å²) in [5.41, 5.74) is 1.95. The van der Waals surface area contributed by atoms with E-state index in [0.29, 0.717) is 24.7 Å². The first-order valence-electron chi connectivity index (χ1n) is 10.5. The second-order valence-corrected chi connectivity index (χ2v) is 8.14. The summed E-state index contributed by atoms with van der Waals surface area (Å²) in [6, 6.07) is 11.8. The monoisotopic (exact) mass is 396 g/mol. The Balaban J connectivity index is 1.49. The summed E-state index contributed by atoms with van der Waals surface area (Å²) >= 11 is 0. The SMILES string of the molecule is O=C(CN1CCCC(C(=O)O)C1)Nc1cc(C2CCCC2)nn1-c1ccccc1. The Labute approximate surface area is 170 Å². The molecule has 2 aliphatic rings. The summed E-state index contributed by atoms with van der Waals surface area (Å²) in [6.45, 7) is 1.37. The standard InChI is InChI=1S/C22H28N4O3/c27-21(15-25-12-6-9-17(14-25)22(28)29)23-20-13-19(16-7-4-5-8-16)24-26(20)18-10-2-1-3-11-18/h1-3,10-11,13,16-17H,4-9,12,14-15H2,(H,23,27)(H,28,29). The van der Waals surface area contributed by atoms with Crippen molar-refractivity contribution in [1.82, 2.24) is 14.7 Å². The van der Waals surface area contributed by atoms with Gasteiger partial charge >= 0.3 is 5.97 Å². The molecule has 7 heteroatoms. The number of hydrogen-bond acceptors (Lipinski definition) is 4. The van der Waals surface area contributed by atoms with Crippen LogP contribution in [0.5, 0.6) is 0 Å². The number of carboxylic acids is 1. The molecule has 2 fully saturated rings. The van der Waals surface area contributed by atoms with Gasteiger partial charge in [-0.1, -0.05) is 31.0 Å². The lowest BCUT2D eigenvalue weighted by atomic mass is 9.98. The zero-order chi connectivity index (χ0) is 20.2. The number of hydrogen-bond donors (Lipinski definition) is 2. The molecular weight excluding hydrogens is 368 g/mol. The number of amides is 1. The summed E-state index contributed by atoms with van der Waals surface area (Å²) in [6.07, 6.45) is 6.22. The third-order valence-corrected chi connectivity index (χ3v) is 5.99. The number of carbonyl (C=O) groups excluding carboxylic acids is 1. The number of carboxylic acid groups (broad SMARTS) is 1. The van der Waals surface area contributed by atoms with Gasteiger partial charge in [-0.2, -0.15) is 5.10 Å². The number of para-hydroxylation sites is 1. The minimum atomic E-state index is -0.779. The van der Waals surface area contributed by atoms with E-state index in [2.05, 4.69) is 5.32 Å². The van der Waals surface area contributed by atoms with Gasteiger partial charge in [-0.3, -0.25) is 14.5 Å². The van der Waals surface area contributed by atoms with Crippen molar-refractivity contribution in [2.75, 3.05) is 25.0 Å². The maximum Gasteiger partial charge on any atom is 0.307 e. The predicted molar refractivity (Wildman–Crippen MR) is 110 cm³/mol. The van der Waals surface area contributed by atoms with Crippen LogP contribution in [-0.2, 0) is 9.59 Å². The molecule has 0 spiro atoms. The lowest BCUT2D eigenvalue weighted by Gasteiger charge is -2.29. The molecule has 0 bridgehead atoms. The van der Waals surface area contributed by atoms with Gasteiger partial charge in [-0.15, -0.1) is 0 Å². The Morgan fingerprint density at radius 1 is 1.10 bits per heavy atom. The molecule has 2 N–H and O–H groups in total. The summed E-state index contributed by atoms with van der Waals surface area (Å²) in [5.74, 6) is -0.172. The van der Waals surface area contributed by atoms with Crippen LogP contribution in [-0.4, -0.2) is 51.3 Å². The van der Waals surface area contributed by atoms with Crippen LogP contribution in [0, 0.1) is 5.92 Å². The minimum Gasteiger partial charge on any atom is -0.481 e. The highest BCUT2D eigenvalue weighted by molar-refractivity contribution is 5.91. The van der Waals surface area contributed by atoms with Crippen LogP contribution in [0.15, 0.2) is 36.4 Å². The number of nitrogens with zero attached hydrogens (tertiary/aromatic N) is 3. The molecule has 7 nitrogen and oxygen atoms in total. The van der Waals surface area contributed by atoms with Gasteiger partial charge in [0.2, 0.25) is 5.91 Å². The van der Waals surface area contributed by atoms with Crippen molar-refractivity contribution in [3.8, 4) is 5.69 Å². The Morgan fingerprint density at radius 2 is 1.86 bits per heavy atom. The van der Waals surface area contributed by atoms with Crippen LogP contribution >= 0.6 is 0 Å². The number of anilines is 1. The number of rotatable bonds is 6. The van der Waals surface area contributed by atoms with Gasteiger partial charge < -0.3 is 10.4 Å². The Kier molecular flexibility index (Phi) is 5.94. The molecule has 1 aromatic heterocycles. The molecular formula is C22H28N4O3. The van der Waals surface area contributed by atoms with Crippen molar-refractivity contribution in [3.05, 3.63) is 42.1 Å². The van der Waals surface area contributed by atoms with E-state index in [-0.39, 0.29) is 18.4 Å². The number of benzene rings is 1. The molecule has 1 aromatic carbocycles. The molecule has 1 saturated carbocycles. The summed E-state index contributed by atoms with van der Waals surface area (Å²) < 4.78 is 1.81. The highest BCUT2D eigenvalue weighted by Gasteiger charge is 2.27. The fraction of sp³-hybridized carbons (Fsp3) is 0.500. The van der Waals surface area contributed by atoms with Gasteiger partial charge in [0.15, 0.2) is 0 Å². The molecule has 2 heterocycles. The Bertz CT molecular complexity index is 858. The van der Waals surface area contributed by atoms with E-state index in [0.717, 1.165) is 37.2 Å². The summed E-state index contributed by atoms with van der Waals surface area (Å²) in [7, 11) is 0. The molecule has 29 heavy (non-hydrogen) atoms. The molecule has 2 aromatic rings. The van der Waals surface area contributed by atoms with E-state index in [4.69, 9.17) is 5.10 Å². The second kappa shape index (κ2) is 8.78. The summed E-state index contributed by atoms with van der Waals surface area (Å²) in [4.78, 5) is 25.9. The van der Waals surface area contributed by atoms with Gasteiger partial charge in [-0.05, 0) is 44.4 Å². The highest BCUT2D eigenvalue weighted by Crippen LogP contribution is 2.35. The number of aliphatic carboxylic acids is 1. The maximum atomic E-state index is 12.7. The number of nitrogens with one attached hydrogen (secondary N) is 1. The van der Waals surface area contributed by atoms with Gasteiger partial charge in [0, 0.05) is 18.5 Å². The molecule has 1 atom stereocenters. The normalized spacial score (nSPS) is 20.6. The van der Waals surface area contributed by atoms with Crippen molar-refractivity contribution >= 4 is 17.7 Å². The van der Waals surface area contributed by atoms with Crippen LogP contribution in [0.2, 0.25) is 0 Å². The van der Waals surface area contributed by atoms with Gasteiger partial charge in [-0.25, -0.2) is 4.68 Å². The smallest absolute Gasteiger partial charge is 0.307 e. The fourth-order valence-corrected chi connectivity index (χ4v) is 4.46. The first-order chi connectivity index (χ1) is 14.1. The largest absolute Gasteiger partial charge is 0.481 e. The van der Waals surface area contributed by atoms with Gasteiger partial charge in [0.05, 0.1) is 23.8 Å². The Morgan fingerprint density at radius 3 is 2.59 bits per heavy atom. The van der Waals surface area contributed by atoms with Crippen LogP contribution in [0.4, 0.5) is 5.82 Å². The van der Waals surface area contributed by atoms with Crippen molar-refractivity contribution in [3.63, 3.8) is 0 Å². The molecule has 1 unspecified atom stereocenters. The third kappa shape index (κ3) is 4.67. The second-order valence-electron chi connectivity index (χ2n) is 8.14. The van der Waals surface area contributed by atoms with Crippen molar-refractivity contribution in [1.29, 1.82) is 0 Å². The van der Waals surface area contributed by atoms with E-state index in [9.17, 15) is 14.7 Å². The number of aromatic nitrogens is 2. The highest BCUT2D eigenvalue weighted by atomic mass is 16.4. The van der Waals surface area contributed by atoms with Crippen LogP contribution < -0.4 is 5.32 Å².